The van der Waals surface area contributed by atoms with Crippen LogP contribution in [0.4, 0.5) is 5.69 Å². The molecule has 176 valence electrons. The highest BCUT2D eigenvalue weighted by Gasteiger charge is 2.17. The molecule has 2 N–H and O–H groups in total. The Morgan fingerprint density at radius 3 is 2.50 bits per heavy atom. The van der Waals surface area contributed by atoms with Crippen LogP contribution in [0.25, 0.3) is 17.5 Å². The number of nitrogens with one attached hydrogen (secondary N) is 2. The van der Waals surface area contributed by atoms with Gasteiger partial charge in [0, 0.05) is 30.4 Å². The second kappa shape index (κ2) is 11.7. The predicted molar refractivity (Wildman–Crippen MR) is 136 cm³/mol. The van der Waals surface area contributed by atoms with E-state index < -0.39 is 0 Å². The highest BCUT2D eigenvalue weighted by atomic mass is 32.2. The lowest BCUT2D eigenvalue weighted by molar-refractivity contribution is -0.119. The Balaban J connectivity index is 1.30. The molecule has 0 bridgehead atoms. The molecule has 7 nitrogen and oxygen atoms in total. The van der Waals surface area contributed by atoms with E-state index in [1.54, 1.807) is 6.08 Å². The molecular formula is C26H29N5O2S. The number of carbonyl (C=O) groups excluding carboxylic acids is 2. The molecule has 4 rings (SSSR count). The molecule has 0 radical (unpaired) electrons. The van der Waals surface area contributed by atoms with Crippen LogP contribution in [-0.2, 0) is 16.6 Å². The fourth-order valence-corrected chi connectivity index (χ4v) is 4.68. The number of carbonyl (C=O) groups is 2. The van der Waals surface area contributed by atoms with E-state index >= 15 is 0 Å². The van der Waals surface area contributed by atoms with Crippen molar-refractivity contribution in [2.24, 2.45) is 7.05 Å². The van der Waals surface area contributed by atoms with E-state index in [1.165, 1.54) is 37.1 Å². The van der Waals surface area contributed by atoms with Gasteiger partial charge in [-0.25, -0.2) is 0 Å². The maximum Gasteiger partial charge on any atom is 0.248 e. The van der Waals surface area contributed by atoms with Gasteiger partial charge in [-0.2, -0.15) is 0 Å². The maximum absolute atomic E-state index is 12.3. The fraction of sp³-hybridized carbons (Fsp3) is 0.308. The maximum atomic E-state index is 12.3. The first kappa shape index (κ1) is 23.8. The lowest BCUT2D eigenvalue weighted by Crippen LogP contribution is -2.37. The zero-order chi connectivity index (χ0) is 23.8. The van der Waals surface area contributed by atoms with Crippen LogP contribution >= 0.6 is 11.8 Å². The molecule has 2 aromatic carbocycles. The topological polar surface area (TPSA) is 88.9 Å². The van der Waals surface area contributed by atoms with Gasteiger partial charge in [0.2, 0.25) is 11.8 Å². The summed E-state index contributed by atoms with van der Waals surface area (Å²) in [6.07, 6.45) is 9.09. The van der Waals surface area contributed by atoms with Gasteiger partial charge in [0.25, 0.3) is 0 Å². The molecular weight excluding hydrogens is 446 g/mol. The highest BCUT2D eigenvalue weighted by molar-refractivity contribution is 7.99. The molecule has 34 heavy (non-hydrogen) atoms. The Morgan fingerprint density at radius 2 is 1.76 bits per heavy atom. The summed E-state index contributed by atoms with van der Waals surface area (Å²) in [4.78, 5) is 24.5. The molecule has 8 heteroatoms. The molecule has 0 spiro atoms. The van der Waals surface area contributed by atoms with Crippen LogP contribution in [0.1, 0.15) is 37.7 Å². The van der Waals surface area contributed by atoms with E-state index in [4.69, 9.17) is 0 Å². The van der Waals surface area contributed by atoms with Crippen molar-refractivity contribution in [3.63, 3.8) is 0 Å². The first-order valence-corrected chi connectivity index (χ1v) is 12.5. The van der Waals surface area contributed by atoms with Crippen LogP contribution < -0.4 is 10.6 Å². The summed E-state index contributed by atoms with van der Waals surface area (Å²) in [5, 5.41) is 15.2. The minimum Gasteiger partial charge on any atom is -0.353 e. The fourth-order valence-electron chi connectivity index (χ4n) is 3.96. The zero-order valence-electron chi connectivity index (χ0n) is 19.2. The Bertz CT molecular complexity index is 1140. The number of amides is 2. The van der Waals surface area contributed by atoms with Crippen LogP contribution in [0.3, 0.4) is 0 Å². The molecule has 1 heterocycles. The third-order valence-corrected chi connectivity index (χ3v) is 6.80. The monoisotopic (exact) mass is 475 g/mol. The van der Waals surface area contributed by atoms with E-state index in [-0.39, 0.29) is 11.8 Å². The number of rotatable bonds is 8. The van der Waals surface area contributed by atoms with Gasteiger partial charge >= 0.3 is 0 Å². The second-order valence-electron chi connectivity index (χ2n) is 8.37. The van der Waals surface area contributed by atoms with Gasteiger partial charge in [0.1, 0.15) is 0 Å². The quantitative estimate of drug-likeness (QED) is 0.365. The summed E-state index contributed by atoms with van der Waals surface area (Å²) in [5.74, 6) is 0.879. The van der Waals surface area contributed by atoms with Crippen molar-refractivity contribution in [2.75, 3.05) is 11.1 Å². The normalized spacial score (nSPS) is 14.3. The Labute approximate surface area is 204 Å². The van der Waals surface area contributed by atoms with Crippen molar-refractivity contribution >= 4 is 35.3 Å². The summed E-state index contributed by atoms with van der Waals surface area (Å²) >= 11 is 1.39. The molecule has 0 atom stereocenters. The number of hydrogen-bond acceptors (Lipinski definition) is 5. The van der Waals surface area contributed by atoms with Crippen molar-refractivity contribution in [1.29, 1.82) is 0 Å². The smallest absolute Gasteiger partial charge is 0.248 e. The molecule has 1 aromatic heterocycles. The van der Waals surface area contributed by atoms with Crippen molar-refractivity contribution in [2.45, 2.75) is 43.3 Å². The largest absolute Gasteiger partial charge is 0.353 e. The van der Waals surface area contributed by atoms with Crippen LogP contribution in [-0.4, -0.2) is 38.4 Å². The number of aromatic nitrogens is 3. The summed E-state index contributed by atoms with van der Waals surface area (Å²) in [6.45, 7) is 0. The lowest BCUT2D eigenvalue weighted by Gasteiger charge is -2.22. The van der Waals surface area contributed by atoms with Gasteiger partial charge in [-0.3, -0.25) is 9.59 Å². The minimum atomic E-state index is -0.194. The Morgan fingerprint density at radius 1 is 1.03 bits per heavy atom. The molecule has 2 amide bonds. The minimum absolute atomic E-state index is 0.0443. The zero-order valence-corrected chi connectivity index (χ0v) is 20.1. The van der Waals surface area contributed by atoms with Crippen molar-refractivity contribution in [1.82, 2.24) is 20.1 Å². The van der Waals surface area contributed by atoms with Crippen molar-refractivity contribution in [3.8, 4) is 11.4 Å². The highest BCUT2D eigenvalue weighted by Crippen LogP contribution is 2.24. The first-order chi connectivity index (χ1) is 16.6. The van der Waals surface area contributed by atoms with Gasteiger partial charge in [-0.05, 0) is 48.7 Å². The van der Waals surface area contributed by atoms with Gasteiger partial charge in [-0.15, -0.1) is 10.2 Å². The lowest BCUT2D eigenvalue weighted by atomic mass is 9.95. The van der Waals surface area contributed by atoms with Gasteiger partial charge in [-0.1, -0.05) is 61.4 Å². The van der Waals surface area contributed by atoms with E-state index in [0.717, 1.165) is 24.0 Å². The molecule has 0 saturated heterocycles. The summed E-state index contributed by atoms with van der Waals surface area (Å²) < 4.78 is 1.88. The van der Waals surface area contributed by atoms with E-state index in [1.807, 2.05) is 66.2 Å². The molecule has 1 aliphatic rings. The number of anilines is 1. The summed E-state index contributed by atoms with van der Waals surface area (Å²) in [6, 6.07) is 17.4. The summed E-state index contributed by atoms with van der Waals surface area (Å²) in [5.41, 5.74) is 2.55. The van der Waals surface area contributed by atoms with Gasteiger partial charge in [0.05, 0.1) is 5.75 Å². The van der Waals surface area contributed by atoms with Crippen LogP contribution in [0.15, 0.2) is 65.8 Å². The van der Waals surface area contributed by atoms with Crippen molar-refractivity contribution < 1.29 is 9.59 Å². The molecule has 0 aliphatic heterocycles. The Kier molecular flexibility index (Phi) is 8.14. The SMILES string of the molecule is Cn1c(SCC(=O)NC2CCCCC2)nnc1-c1ccc(NC(=O)/C=C/c2ccccc2)cc1. The number of hydrogen-bond donors (Lipinski definition) is 2. The standard InChI is InChI=1S/C26H29N5O2S/c1-31-25(29-30-26(31)34-18-24(33)28-21-10-6-3-7-11-21)20-13-15-22(16-14-20)27-23(32)17-12-19-8-4-2-5-9-19/h2,4-5,8-9,12-17,21H,3,6-7,10-11,18H2,1H3,(H,27,32)(H,28,33)/b17-12+. The number of benzene rings is 2. The van der Waals surface area contributed by atoms with Gasteiger partial charge in [0.15, 0.2) is 11.0 Å². The van der Waals surface area contributed by atoms with Gasteiger partial charge < -0.3 is 15.2 Å². The third kappa shape index (κ3) is 6.57. The molecule has 1 fully saturated rings. The average Bonchev–Trinajstić information content (AvgIpc) is 3.23. The molecule has 0 unspecified atom stereocenters. The molecule has 3 aromatic rings. The predicted octanol–water partition coefficient (Wildman–Crippen LogP) is 4.68. The average molecular weight is 476 g/mol. The third-order valence-electron chi connectivity index (χ3n) is 5.77. The number of thioether (sulfide) groups is 1. The van der Waals surface area contributed by atoms with E-state index in [2.05, 4.69) is 20.8 Å². The summed E-state index contributed by atoms with van der Waals surface area (Å²) in [7, 11) is 1.89. The van der Waals surface area contributed by atoms with E-state index in [0.29, 0.717) is 28.5 Å². The molecule has 1 aliphatic carbocycles. The second-order valence-corrected chi connectivity index (χ2v) is 9.31. The van der Waals surface area contributed by atoms with Crippen LogP contribution in [0.2, 0.25) is 0 Å². The van der Waals surface area contributed by atoms with Crippen LogP contribution in [0.5, 0.6) is 0 Å². The first-order valence-electron chi connectivity index (χ1n) is 11.5. The van der Waals surface area contributed by atoms with Crippen molar-refractivity contribution in [3.05, 3.63) is 66.2 Å². The van der Waals surface area contributed by atoms with E-state index in [9.17, 15) is 9.59 Å². The Hall–Kier alpha value is -3.39. The number of nitrogens with zero attached hydrogens (tertiary/aromatic N) is 3. The van der Waals surface area contributed by atoms with Crippen LogP contribution in [0, 0.1) is 0 Å². The molecule has 1 saturated carbocycles.